The van der Waals surface area contributed by atoms with Crippen LogP contribution in [-0.4, -0.2) is 42.2 Å². The van der Waals surface area contributed by atoms with Crippen LogP contribution < -0.4 is 10.2 Å². The van der Waals surface area contributed by atoms with Crippen LogP contribution in [0.3, 0.4) is 0 Å². The van der Waals surface area contributed by atoms with Gasteiger partial charge in [-0.3, -0.25) is 0 Å². The molecule has 1 fully saturated rings. The normalized spacial score (nSPS) is 14.6. The van der Waals surface area contributed by atoms with E-state index < -0.39 is 5.97 Å². The van der Waals surface area contributed by atoms with Gasteiger partial charge >= 0.3 is 5.97 Å². The van der Waals surface area contributed by atoms with E-state index >= 15 is 0 Å². The third kappa shape index (κ3) is 3.06. The fourth-order valence-electron chi connectivity index (χ4n) is 3.27. The van der Waals surface area contributed by atoms with Gasteiger partial charge in [0.2, 0.25) is 0 Å². The summed E-state index contributed by atoms with van der Waals surface area (Å²) in [7, 11) is 0. The van der Waals surface area contributed by atoms with Crippen molar-refractivity contribution in [3.63, 3.8) is 0 Å². The van der Waals surface area contributed by atoms with Gasteiger partial charge in [-0.15, -0.1) is 0 Å². The number of hydrogen-bond donors (Lipinski definition) is 2. The van der Waals surface area contributed by atoms with E-state index in [2.05, 4.69) is 10.2 Å². The molecule has 1 saturated heterocycles. The molecule has 0 unspecified atom stereocenters. The molecule has 2 aromatic carbocycles. The largest absolute Gasteiger partial charge is 0.478 e. The Morgan fingerprint density at radius 3 is 2.52 bits per heavy atom. The standard InChI is InChI=1S/C20H19N3O2/c24-20(25)17-13-18(14-4-2-1-3-5-14)22-19-12-15(6-7-16(17)19)23-10-8-21-9-11-23/h1-7,12-13,21H,8-11H2,(H,24,25). The van der Waals surface area contributed by atoms with E-state index in [1.165, 1.54) is 0 Å². The maximum Gasteiger partial charge on any atom is 0.336 e. The molecule has 1 aromatic heterocycles. The Labute approximate surface area is 145 Å². The summed E-state index contributed by atoms with van der Waals surface area (Å²) < 4.78 is 0. The van der Waals surface area contributed by atoms with Crippen molar-refractivity contribution >= 4 is 22.6 Å². The molecule has 0 radical (unpaired) electrons. The zero-order valence-corrected chi connectivity index (χ0v) is 13.8. The minimum absolute atomic E-state index is 0.288. The first kappa shape index (κ1) is 15.6. The number of nitrogens with zero attached hydrogens (tertiary/aromatic N) is 2. The summed E-state index contributed by atoms with van der Waals surface area (Å²) in [5.74, 6) is -0.931. The van der Waals surface area contributed by atoms with Gasteiger partial charge in [-0.2, -0.15) is 0 Å². The molecule has 2 heterocycles. The van der Waals surface area contributed by atoms with E-state index in [9.17, 15) is 9.90 Å². The summed E-state index contributed by atoms with van der Waals surface area (Å²) in [5.41, 5.74) is 3.69. The fraction of sp³-hybridized carbons (Fsp3) is 0.200. The van der Waals surface area contributed by atoms with Crippen molar-refractivity contribution in [1.82, 2.24) is 10.3 Å². The molecular formula is C20H19N3O2. The molecule has 4 rings (SSSR count). The maximum atomic E-state index is 11.7. The Morgan fingerprint density at radius 2 is 1.80 bits per heavy atom. The number of benzene rings is 2. The minimum atomic E-state index is -0.931. The Bertz CT molecular complexity index is 919. The van der Waals surface area contributed by atoms with Crippen LogP contribution in [0, 0.1) is 0 Å². The predicted molar refractivity (Wildman–Crippen MR) is 99.2 cm³/mol. The molecular weight excluding hydrogens is 314 g/mol. The van der Waals surface area contributed by atoms with Crippen molar-refractivity contribution in [3.05, 3.63) is 60.2 Å². The van der Waals surface area contributed by atoms with Crippen molar-refractivity contribution < 1.29 is 9.90 Å². The van der Waals surface area contributed by atoms with Crippen LogP contribution in [-0.2, 0) is 0 Å². The summed E-state index contributed by atoms with van der Waals surface area (Å²) in [6.07, 6.45) is 0. The number of carbonyl (C=O) groups is 1. The van der Waals surface area contributed by atoms with Crippen molar-refractivity contribution in [2.75, 3.05) is 31.1 Å². The number of carboxylic acid groups (broad SMARTS) is 1. The third-order valence-electron chi connectivity index (χ3n) is 4.58. The first-order valence-corrected chi connectivity index (χ1v) is 8.41. The minimum Gasteiger partial charge on any atom is -0.478 e. The number of aromatic carboxylic acids is 1. The smallest absolute Gasteiger partial charge is 0.336 e. The number of fused-ring (bicyclic) bond motifs is 1. The average Bonchev–Trinajstić information content (AvgIpc) is 2.68. The lowest BCUT2D eigenvalue weighted by molar-refractivity contribution is 0.0699. The number of hydrogen-bond acceptors (Lipinski definition) is 4. The van der Waals surface area contributed by atoms with Crippen LogP contribution in [0.25, 0.3) is 22.2 Å². The lowest BCUT2D eigenvalue weighted by Gasteiger charge is -2.29. The van der Waals surface area contributed by atoms with E-state index in [0.29, 0.717) is 11.1 Å². The van der Waals surface area contributed by atoms with Crippen molar-refractivity contribution in [3.8, 4) is 11.3 Å². The number of carboxylic acids is 1. The molecule has 0 bridgehead atoms. The molecule has 0 aliphatic carbocycles. The van der Waals surface area contributed by atoms with Crippen LogP contribution in [0.5, 0.6) is 0 Å². The lowest BCUT2D eigenvalue weighted by atomic mass is 10.0. The number of nitrogens with one attached hydrogen (secondary N) is 1. The lowest BCUT2D eigenvalue weighted by Crippen LogP contribution is -2.43. The Balaban J connectivity index is 1.86. The molecule has 5 heteroatoms. The van der Waals surface area contributed by atoms with E-state index in [-0.39, 0.29) is 5.56 Å². The topological polar surface area (TPSA) is 65.5 Å². The van der Waals surface area contributed by atoms with Gasteiger partial charge in [-0.1, -0.05) is 30.3 Å². The molecule has 1 aliphatic heterocycles. The molecule has 2 N–H and O–H groups in total. The first-order chi connectivity index (χ1) is 12.2. The molecule has 3 aromatic rings. The van der Waals surface area contributed by atoms with Crippen LogP contribution in [0.1, 0.15) is 10.4 Å². The van der Waals surface area contributed by atoms with Gasteiger partial charge in [0.05, 0.1) is 16.8 Å². The number of rotatable bonds is 3. The third-order valence-corrected chi connectivity index (χ3v) is 4.58. The quantitative estimate of drug-likeness (QED) is 0.771. The second-order valence-corrected chi connectivity index (χ2v) is 6.16. The van der Waals surface area contributed by atoms with Crippen LogP contribution in [0.2, 0.25) is 0 Å². The van der Waals surface area contributed by atoms with Gasteiger partial charge in [0, 0.05) is 42.8 Å². The highest BCUT2D eigenvalue weighted by atomic mass is 16.4. The second-order valence-electron chi connectivity index (χ2n) is 6.16. The van der Waals surface area contributed by atoms with Crippen LogP contribution >= 0.6 is 0 Å². The van der Waals surface area contributed by atoms with Crippen molar-refractivity contribution in [2.45, 2.75) is 0 Å². The van der Waals surface area contributed by atoms with E-state index in [0.717, 1.165) is 42.9 Å². The van der Waals surface area contributed by atoms with Gasteiger partial charge in [0.1, 0.15) is 0 Å². The molecule has 1 aliphatic rings. The SMILES string of the molecule is O=C(O)c1cc(-c2ccccc2)nc2cc(N3CCNCC3)ccc12. The van der Waals surface area contributed by atoms with Crippen molar-refractivity contribution in [1.29, 1.82) is 0 Å². The highest BCUT2D eigenvalue weighted by molar-refractivity contribution is 6.04. The molecule has 25 heavy (non-hydrogen) atoms. The Hall–Kier alpha value is -2.92. The molecule has 5 nitrogen and oxygen atoms in total. The van der Waals surface area contributed by atoms with E-state index in [1.807, 2.05) is 48.5 Å². The van der Waals surface area contributed by atoms with E-state index in [1.54, 1.807) is 6.07 Å². The zero-order chi connectivity index (χ0) is 17.2. The summed E-state index contributed by atoms with van der Waals surface area (Å²) in [6.45, 7) is 3.79. The van der Waals surface area contributed by atoms with Gasteiger partial charge in [0.15, 0.2) is 0 Å². The summed E-state index contributed by atoms with van der Waals surface area (Å²) >= 11 is 0. The Kier molecular flexibility index (Phi) is 4.07. The monoisotopic (exact) mass is 333 g/mol. The molecule has 0 spiro atoms. The van der Waals surface area contributed by atoms with Gasteiger partial charge in [-0.05, 0) is 24.3 Å². The van der Waals surface area contributed by atoms with E-state index in [4.69, 9.17) is 4.98 Å². The molecule has 0 atom stereocenters. The summed E-state index contributed by atoms with van der Waals surface area (Å²) in [6, 6.07) is 17.2. The molecule has 0 amide bonds. The van der Waals surface area contributed by atoms with Crippen LogP contribution in [0.15, 0.2) is 54.6 Å². The molecule has 126 valence electrons. The van der Waals surface area contributed by atoms with Gasteiger partial charge in [-0.25, -0.2) is 9.78 Å². The number of pyridine rings is 1. The number of anilines is 1. The maximum absolute atomic E-state index is 11.7. The highest BCUT2D eigenvalue weighted by Gasteiger charge is 2.16. The van der Waals surface area contributed by atoms with Gasteiger partial charge in [0.25, 0.3) is 0 Å². The second kappa shape index (κ2) is 6.53. The fourth-order valence-corrected chi connectivity index (χ4v) is 3.27. The van der Waals surface area contributed by atoms with Gasteiger partial charge < -0.3 is 15.3 Å². The average molecular weight is 333 g/mol. The number of aromatic nitrogens is 1. The van der Waals surface area contributed by atoms with Crippen LogP contribution in [0.4, 0.5) is 5.69 Å². The first-order valence-electron chi connectivity index (χ1n) is 8.41. The number of piperazine rings is 1. The highest BCUT2D eigenvalue weighted by Crippen LogP contribution is 2.28. The van der Waals surface area contributed by atoms with Crippen molar-refractivity contribution in [2.24, 2.45) is 0 Å². The summed E-state index contributed by atoms with van der Waals surface area (Å²) in [4.78, 5) is 18.8. The molecule has 0 saturated carbocycles. The zero-order valence-electron chi connectivity index (χ0n) is 13.8. The summed E-state index contributed by atoms with van der Waals surface area (Å²) in [5, 5.41) is 13.6. The predicted octanol–water partition coefficient (Wildman–Crippen LogP) is 3.01. The Morgan fingerprint density at radius 1 is 1.04 bits per heavy atom.